The molecule has 2 atom stereocenters. The maximum absolute atomic E-state index is 6.05. The zero-order valence-corrected chi connectivity index (χ0v) is 8.05. The van der Waals surface area contributed by atoms with Crippen molar-refractivity contribution in [3.05, 3.63) is 11.8 Å². The first-order chi connectivity index (χ1) is 5.75. The fraction of sp³-hybridized carbons (Fsp3) is 0.800. The molecule has 0 radical (unpaired) electrons. The SMILES string of the molecule is CCC(C)C(N)C1=COCCC1. The molecule has 0 aromatic rings. The van der Waals surface area contributed by atoms with Crippen molar-refractivity contribution in [1.29, 1.82) is 0 Å². The van der Waals surface area contributed by atoms with E-state index in [2.05, 4.69) is 13.8 Å². The minimum Gasteiger partial charge on any atom is -0.501 e. The van der Waals surface area contributed by atoms with Crippen LogP contribution in [0.1, 0.15) is 33.1 Å². The van der Waals surface area contributed by atoms with E-state index >= 15 is 0 Å². The van der Waals surface area contributed by atoms with Crippen LogP contribution in [0.5, 0.6) is 0 Å². The van der Waals surface area contributed by atoms with E-state index in [0.717, 1.165) is 25.9 Å². The Labute approximate surface area is 74.8 Å². The van der Waals surface area contributed by atoms with E-state index in [1.165, 1.54) is 5.57 Å². The second-order valence-electron chi connectivity index (χ2n) is 3.58. The van der Waals surface area contributed by atoms with Crippen molar-refractivity contribution in [2.45, 2.75) is 39.2 Å². The van der Waals surface area contributed by atoms with Crippen molar-refractivity contribution in [3.63, 3.8) is 0 Å². The van der Waals surface area contributed by atoms with Crippen molar-refractivity contribution in [3.8, 4) is 0 Å². The molecule has 1 aliphatic rings. The summed E-state index contributed by atoms with van der Waals surface area (Å²) in [5.74, 6) is 0.568. The van der Waals surface area contributed by atoms with Crippen molar-refractivity contribution in [2.75, 3.05) is 6.61 Å². The first-order valence-corrected chi connectivity index (χ1v) is 4.81. The van der Waals surface area contributed by atoms with E-state index in [9.17, 15) is 0 Å². The van der Waals surface area contributed by atoms with E-state index in [4.69, 9.17) is 10.5 Å². The predicted molar refractivity (Wildman–Crippen MR) is 50.7 cm³/mol. The van der Waals surface area contributed by atoms with Gasteiger partial charge in [-0.15, -0.1) is 0 Å². The smallest absolute Gasteiger partial charge is 0.0876 e. The summed E-state index contributed by atoms with van der Waals surface area (Å²) in [4.78, 5) is 0. The lowest BCUT2D eigenvalue weighted by atomic mass is 9.91. The van der Waals surface area contributed by atoms with Gasteiger partial charge in [0.25, 0.3) is 0 Å². The van der Waals surface area contributed by atoms with E-state index < -0.39 is 0 Å². The molecule has 1 heterocycles. The molecule has 0 aromatic carbocycles. The first kappa shape index (κ1) is 9.59. The van der Waals surface area contributed by atoms with Gasteiger partial charge in [0.15, 0.2) is 0 Å². The molecule has 0 amide bonds. The maximum atomic E-state index is 6.05. The fourth-order valence-electron chi connectivity index (χ4n) is 1.45. The Hall–Kier alpha value is -0.500. The van der Waals surface area contributed by atoms with Crippen LogP contribution >= 0.6 is 0 Å². The number of hydrogen-bond donors (Lipinski definition) is 1. The fourth-order valence-corrected chi connectivity index (χ4v) is 1.45. The van der Waals surface area contributed by atoms with Crippen LogP contribution < -0.4 is 5.73 Å². The second kappa shape index (κ2) is 4.51. The van der Waals surface area contributed by atoms with E-state index in [1.54, 1.807) is 0 Å². The Morgan fingerprint density at radius 3 is 2.92 bits per heavy atom. The zero-order valence-electron chi connectivity index (χ0n) is 8.05. The normalized spacial score (nSPS) is 22.4. The quantitative estimate of drug-likeness (QED) is 0.701. The Bertz CT molecular complexity index is 165. The van der Waals surface area contributed by atoms with Gasteiger partial charge < -0.3 is 10.5 Å². The molecule has 70 valence electrons. The van der Waals surface area contributed by atoms with Gasteiger partial charge in [0.05, 0.1) is 12.9 Å². The third-order valence-electron chi connectivity index (χ3n) is 2.65. The van der Waals surface area contributed by atoms with Gasteiger partial charge >= 0.3 is 0 Å². The van der Waals surface area contributed by atoms with Crippen LogP contribution in [0, 0.1) is 5.92 Å². The van der Waals surface area contributed by atoms with Crippen LogP contribution in [0.4, 0.5) is 0 Å². The molecule has 2 N–H and O–H groups in total. The summed E-state index contributed by atoms with van der Waals surface area (Å²) in [6, 6.07) is 0.204. The van der Waals surface area contributed by atoms with Gasteiger partial charge in [0.2, 0.25) is 0 Å². The number of hydrogen-bond acceptors (Lipinski definition) is 2. The zero-order chi connectivity index (χ0) is 8.97. The molecular formula is C10H19NO. The molecule has 0 spiro atoms. The number of rotatable bonds is 3. The summed E-state index contributed by atoms with van der Waals surface area (Å²) < 4.78 is 5.26. The highest BCUT2D eigenvalue weighted by Crippen LogP contribution is 2.20. The van der Waals surface area contributed by atoms with Crippen LogP contribution in [0.2, 0.25) is 0 Å². The largest absolute Gasteiger partial charge is 0.501 e. The van der Waals surface area contributed by atoms with Crippen molar-refractivity contribution in [1.82, 2.24) is 0 Å². The van der Waals surface area contributed by atoms with Gasteiger partial charge in [-0.3, -0.25) is 0 Å². The predicted octanol–water partition coefficient (Wildman–Crippen LogP) is 2.05. The summed E-state index contributed by atoms with van der Waals surface area (Å²) in [5.41, 5.74) is 7.34. The molecular weight excluding hydrogens is 150 g/mol. The van der Waals surface area contributed by atoms with Crippen molar-refractivity contribution < 1.29 is 4.74 Å². The highest BCUT2D eigenvalue weighted by Gasteiger charge is 2.17. The van der Waals surface area contributed by atoms with Gasteiger partial charge in [0.1, 0.15) is 0 Å². The molecule has 12 heavy (non-hydrogen) atoms. The monoisotopic (exact) mass is 169 g/mol. The molecule has 0 fully saturated rings. The molecule has 0 bridgehead atoms. The van der Waals surface area contributed by atoms with Crippen molar-refractivity contribution in [2.24, 2.45) is 11.7 Å². The third-order valence-corrected chi connectivity index (χ3v) is 2.65. The molecule has 0 aromatic heterocycles. The Morgan fingerprint density at radius 1 is 1.67 bits per heavy atom. The lowest BCUT2D eigenvalue weighted by Crippen LogP contribution is -2.31. The summed E-state index contributed by atoms with van der Waals surface area (Å²) >= 11 is 0. The van der Waals surface area contributed by atoms with Gasteiger partial charge in [-0.2, -0.15) is 0 Å². The van der Waals surface area contributed by atoms with Crippen molar-refractivity contribution >= 4 is 0 Å². The lowest BCUT2D eigenvalue weighted by molar-refractivity contribution is 0.218. The molecule has 0 saturated carbocycles. The molecule has 1 rings (SSSR count). The number of ether oxygens (including phenoxy) is 1. The van der Waals surface area contributed by atoms with Gasteiger partial charge in [-0.25, -0.2) is 0 Å². The van der Waals surface area contributed by atoms with Crippen LogP contribution in [0.25, 0.3) is 0 Å². The summed E-state index contributed by atoms with van der Waals surface area (Å²) in [6.07, 6.45) is 5.24. The molecule has 2 heteroatoms. The average molecular weight is 169 g/mol. The highest BCUT2D eigenvalue weighted by atomic mass is 16.5. The van der Waals surface area contributed by atoms with Crippen LogP contribution in [-0.4, -0.2) is 12.6 Å². The minimum absolute atomic E-state index is 0.204. The number of nitrogens with two attached hydrogens (primary N) is 1. The molecule has 2 nitrogen and oxygen atoms in total. The lowest BCUT2D eigenvalue weighted by Gasteiger charge is -2.24. The maximum Gasteiger partial charge on any atom is 0.0876 e. The molecule has 2 unspecified atom stereocenters. The summed E-state index contributed by atoms with van der Waals surface area (Å²) in [6.45, 7) is 5.23. The standard InChI is InChI=1S/C10H19NO/c1-3-8(2)10(11)9-5-4-6-12-7-9/h7-8,10H,3-6,11H2,1-2H3. The first-order valence-electron chi connectivity index (χ1n) is 4.81. The third kappa shape index (κ3) is 2.24. The summed E-state index contributed by atoms with van der Waals surface area (Å²) in [5, 5.41) is 0. The van der Waals surface area contributed by atoms with Crippen LogP contribution in [0.15, 0.2) is 11.8 Å². The van der Waals surface area contributed by atoms with Gasteiger partial charge in [-0.1, -0.05) is 20.3 Å². The van der Waals surface area contributed by atoms with Gasteiger partial charge in [-0.05, 0) is 24.3 Å². The Balaban J connectivity index is 2.49. The minimum atomic E-state index is 0.204. The molecule has 1 aliphatic heterocycles. The summed E-state index contributed by atoms with van der Waals surface area (Å²) in [7, 11) is 0. The van der Waals surface area contributed by atoms with Crippen LogP contribution in [-0.2, 0) is 4.74 Å². The van der Waals surface area contributed by atoms with Gasteiger partial charge in [0, 0.05) is 6.04 Å². The van der Waals surface area contributed by atoms with E-state index in [1.807, 2.05) is 6.26 Å². The Kier molecular flexibility index (Phi) is 3.60. The molecule has 0 aliphatic carbocycles. The van der Waals surface area contributed by atoms with Crippen LogP contribution in [0.3, 0.4) is 0 Å². The highest BCUT2D eigenvalue weighted by molar-refractivity contribution is 5.10. The molecule has 0 saturated heterocycles. The average Bonchev–Trinajstić information content (AvgIpc) is 2.17. The topological polar surface area (TPSA) is 35.2 Å². The van der Waals surface area contributed by atoms with E-state index in [-0.39, 0.29) is 6.04 Å². The van der Waals surface area contributed by atoms with E-state index in [0.29, 0.717) is 5.92 Å². The Morgan fingerprint density at radius 2 is 2.42 bits per heavy atom. The second-order valence-corrected chi connectivity index (χ2v) is 3.58.